The van der Waals surface area contributed by atoms with E-state index in [2.05, 4.69) is 11.8 Å². The van der Waals surface area contributed by atoms with E-state index in [1.807, 2.05) is 0 Å². The van der Waals surface area contributed by atoms with Crippen LogP contribution in [0.4, 0.5) is 0 Å². The Kier molecular flexibility index (Phi) is 12.5. The van der Waals surface area contributed by atoms with E-state index in [-0.39, 0.29) is 0 Å². The molecule has 1 saturated heterocycles. The Morgan fingerprint density at radius 3 is 2.38 bits per heavy atom. The molecule has 0 amide bonds. The lowest BCUT2D eigenvalue weighted by Crippen LogP contribution is -2.47. The van der Waals surface area contributed by atoms with Crippen molar-refractivity contribution in [2.45, 2.75) is 25.8 Å². The third-order valence-electron chi connectivity index (χ3n) is 3.44. The minimum absolute atomic E-state index is 0.320. The van der Waals surface area contributed by atoms with Crippen LogP contribution in [0.25, 0.3) is 0 Å². The number of morpholine rings is 1. The second-order valence-corrected chi connectivity index (χ2v) is 5.42. The summed E-state index contributed by atoms with van der Waals surface area (Å²) in [4.78, 5) is 2.33. The van der Waals surface area contributed by atoms with Gasteiger partial charge in [-0.3, -0.25) is 4.90 Å². The van der Waals surface area contributed by atoms with Crippen LogP contribution in [0.2, 0.25) is 0 Å². The van der Waals surface area contributed by atoms with Gasteiger partial charge in [0, 0.05) is 31.6 Å². The van der Waals surface area contributed by atoms with Gasteiger partial charge in [-0.1, -0.05) is 13.3 Å². The average Bonchev–Trinajstić information content (AvgIpc) is 2.53. The number of hydrogen-bond acceptors (Lipinski definition) is 5. The highest BCUT2D eigenvalue weighted by Crippen LogP contribution is 2.07. The molecule has 0 saturated carbocycles. The van der Waals surface area contributed by atoms with Crippen molar-refractivity contribution < 1.29 is 18.9 Å². The fourth-order valence-corrected chi connectivity index (χ4v) is 2.38. The molecule has 0 aromatic heterocycles. The Balaban J connectivity index is 1.83. The van der Waals surface area contributed by atoms with Crippen molar-refractivity contribution in [3.8, 4) is 0 Å². The van der Waals surface area contributed by atoms with E-state index in [1.54, 1.807) is 0 Å². The topological polar surface area (TPSA) is 40.2 Å². The molecule has 21 heavy (non-hydrogen) atoms. The Labute approximate surface area is 133 Å². The number of unbranched alkanes of at least 4 members (excludes halogenated alkanes) is 1. The van der Waals surface area contributed by atoms with Crippen LogP contribution in [0, 0.1) is 0 Å². The first-order valence-corrected chi connectivity index (χ1v) is 8.53. The number of nitrogens with zero attached hydrogens (tertiary/aromatic N) is 1. The van der Waals surface area contributed by atoms with Crippen LogP contribution < -0.4 is 0 Å². The maximum atomic E-state index is 5.92. The highest BCUT2D eigenvalue weighted by molar-refractivity contribution is 6.18. The van der Waals surface area contributed by atoms with Gasteiger partial charge in [0.05, 0.1) is 46.2 Å². The average molecular weight is 324 g/mol. The van der Waals surface area contributed by atoms with E-state index in [4.69, 9.17) is 30.5 Å². The van der Waals surface area contributed by atoms with Crippen molar-refractivity contribution in [2.75, 3.05) is 71.8 Å². The molecule has 1 heterocycles. The van der Waals surface area contributed by atoms with Gasteiger partial charge in [-0.05, 0) is 6.42 Å². The monoisotopic (exact) mass is 323 g/mol. The molecule has 1 fully saturated rings. The molecule has 0 aromatic rings. The quantitative estimate of drug-likeness (QED) is 0.382. The summed E-state index contributed by atoms with van der Waals surface area (Å²) in [5.41, 5.74) is 0. The lowest BCUT2D eigenvalue weighted by Gasteiger charge is -2.34. The lowest BCUT2D eigenvalue weighted by molar-refractivity contribution is -0.0218. The second-order valence-electron chi connectivity index (χ2n) is 5.11. The van der Waals surface area contributed by atoms with Crippen LogP contribution >= 0.6 is 11.6 Å². The van der Waals surface area contributed by atoms with Crippen LogP contribution in [0.3, 0.4) is 0 Å². The molecule has 0 bridgehead atoms. The number of alkyl halides is 1. The van der Waals surface area contributed by atoms with Crippen molar-refractivity contribution in [3.63, 3.8) is 0 Å². The molecule has 0 radical (unpaired) electrons. The minimum atomic E-state index is 0.320. The molecule has 0 aliphatic carbocycles. The summed E-state index contributed by atoms with van der Waals surface area (Å²) in [5, 5.41) is 0. The van der Waals surface area contributed by atoms with Crippen molar-refractivity contribution >= 4 is 11.6 Å². The summed E-state index contributed by atoms with van der Waals surface area (Å²) in [6.07, 6.45) is 2.29. The van der Waals surface area contributed by atoms with Crippen molar-refractivity contribution in [1.29, 1.82) is 0 Å². The van der Waals surface area contributed by atoms with E-state index in [0.717, 1.165) is 39.3 Å². The summed E-state index contributed by atoms with van der Waals surface area (Å²) in [5.74, 6) is 0.612. The fraction of sp³-hybridized carbons (Fsp3) is 1.00. The summed E-state index contributed by atoms with van der Waals surface area (Å²) < 4.78 is 21.8. The summed E-state index contributed by atoms with van der Waals surface area (Å²) in [7, 11) is 0. The second kappa shape index (κ2) is 13.7. The predicted octanol–water partition coefficient (Wildman–Crippen LogP) is 1.78. The van der Waals surface area contributed by atoms with Gasteiger partial charge in [-0.2, -0.15) is 0 Å². The van der Waals surface area contributed by atoms with Gasteiger partial charge in [0.2, 0.25) is 0 Å². The lowest BCUT2D eigenvalue weighted by atomic mass is 10.2. The number of ether oxygens (including phenoxy) is 4. The molecule has 0 aromatic carbocycles. The van der Waals surface area contributed by atoms with Crippen LogP contribution in [0.15, 0.2) is 0 Å². The molecule has 1 aliphatic rings. The van der Waals surface area contributed by atoms with Gasteiger partial charge in [-0.25, -0.2) is 0 Å². The first-order valence-electron chi connectivity index (χ1n) is 7.99. The summed E-state index contributed by atoms with van der Waals surface area (Å²) in [6.45, 7) is 9.62. The Morgan fingerprint density at radius 2 is 1.71 bits per heavy atom. The van der Waals surface area contributed by atoms with E-state index >= 15 is 0 Å². The van der Waals surface area contributed by atoms with Gasteiger partial charge < -0.3 is 18.9 Å². The third-order valence-corrected chi connectivity index (χ3v) is 3.79. The molecule has 6 heteroatoms. The van der Waals surface area contributed by atoms with Gasteiger partial charge in [0.15, 0.2) is 0 Å². The molecule has 1 atom stereocenters. The zero-order valence-electron chi connectivity index (χ0n) is 13.2. The van der Waals surface area contributed by atoms with E-state index in [0.29, 0.717) is 45.0 Å². The van der Waals surface area contributed by atoms with Gasteiger partial charge >= 0.3 is 0 Å². The Bertz CT molecular complexity index is 234. The van der Waals surface area contributed by atoms with E-state index in [9.17, 15) is 0 Å². The summed E-state index contributed by atoms with van der Waals surface area (Å²) in [6, 6.07) is 0.320. The molecule has 5 nitrogen and oxygen atoms in total. The molecule has 1 unspecified atom stereocenters. The van der Waals surface area contributed by atoms with Crippen molar-refractivity contribution in [1.82, 2.24) is 4.90 Å². The molecule has 126 valence electrons. The Morgan fingerprint density at radius 1 is 1.05 bits per heavy atom. The fourth-order valence-electron chi connectivity index (χ4n) is 2.10. The van der Waals surface area contributed by atoms with Gasteiger partial charge in [0.25, 0.3) is 0 Å². The molecule has 0 spiro atoms. The molecular formula is C15H30ClNO4. The molecule has 0 N–H and O–H groups in total. The van der Waals surface area contributed by atoms with Crippen LogP contribution in [-0.2, 0) is 18.9 Å². The standard InChI is InChI=1S/C15H30ClNO4/c1-2-3-6-18-9-11-20-12-10-19-7-4-17-5-8-21-14-15(17)13-16/h15H,2-14H2,1H3. The highest BCUT2D eigenvalue weighted by atomic mass is 35.5. The smallest absolute Gasteiger partial charge is 0.0701 e. The van der Waals surface area contributed by atoms with Crippen molar-refractivity contribution in [2.24, 2.45) is 0 Å². The number of halogens is 1. The van der Waals surface area contributed by atoms with Gasteiger partial charge in [0.1, 0.15) is 0 Å². The number of hydrogen-bond donors (Lipinski definition) is 0. The molecule has 1 rings (SSSR count). The predicted molar refractivity (Wildman–Crippen MR) is 84.3 cm³/mol. The zero-order valence-corrected chi connectivity index (χ0v) is 14.0. The van der Waals surface area contributed by atoms with E-state index < -0.39 is 0 Å². The normalized spacial score (nSPS) is 20.0. The van der Waals surface area contributed by atoms with Crippen LogP contribution in [0.5, 0.6) is 0 Å². The molecular weight excluding hydrogens is 294 g/mol. The van der Waals surface area contributed by atoms with Crippen molar-refractivity contribution in [3.05, 3.63) is 0 Å². The highest BCUT2D eigenvalue weighted by Gasteiger charge is 2.21. The van der Waals surface area contributed by atoms with E-state index in [1.165, 1.54) is 6.42 Å². The largest absolute Gasteiger partial charge is 0.379 e. The SMILES string of the molecule is CCCCOCCOCCOCCN1CCOCC1CCl. The summed E-state index contributed by atoms with van der Waals surface area (Å²) >= 11 is 5.92. The Hall–Kier alpha value is 0.0900. The maximum absolute atomic E-state index is 5.92. The van der Waals surface area contributed by atoms with Gasteiger partial charge in [-0.15, -0.1) is 11.6 Å². The number of rotatable bonds is 13. The van der Waals surface area contributed by atoms with Crippen LogP contribution in [-0.4, -0.2) is 82.8 Å². The minimum Gasteiger partial charge on any atom is -0.379 e. The zero-order chi connectivity index (χ0) is 15.2. The van der Waals surface area contributed by atoms with Crippen LogP contribution in [0.1, 0.15) is 19.8 Å². The first-order chi connectivity index (χ1) is 10.4. The third kappa shape index (κ3) is 9.66. The maximum Gasteiger partial charge on any atom is 0.0701 e. The first kappa shape index (κ1) is 19.1. The molecule has 1 aliphatic heterocycles.